The van der Waals surface area contributed by atoms with E-state index in [1.54, 1.807) is 0 Å². The molecule has 0 heterocycles. The van der Waals surface area contributed by atoms with Gasteiger partial charge in [-0.2, -0.15) is 0 Å². The van der Waals surface area contributed by atoms with Gasteiger partial charge in [0.05, 0.1) is 0 Å². The lowest BCUT2D eigenvalue weighted by Crippen LogP contribution is -2.46. The smallest absolute Gasteiger partial charge is 0.0458 e. The molecule has 0 spiro atoms. The molecule has 0 aromatic heterocycles. The maximum atomic E-state index is 12.0. The molecule has 6 nitrogen and oxygen atoms in total. The summed E-state index contributed by atoms with van der Waals surface area (Å²) in [5.74, 6) is -2.13. The standard InChI is InChI=1S/C38H60N2O4/c41-37(42)27-29-21-22-30(28-38(43)44)36(24-26-40(33-17-9-3-10-18-33)34-19-11-4-12-20-34)35(29)23-25-39(31-13-5-1-6-14-31)32-15-7-2-8-16-32/h21-22,31-34H,1-20,23-28H2,(H,41,42)(H,43,44)/p-2. The summed E-state index contributed by atoms with van der Waals surface area (Å²) in [5.41, 5.74) is 3.79. The highest BCUT2D eigenvalue weighted by molar-refractivity contribution is 5.71. The van der Waals surface area contributed by atoms with Crippen molar-refractivity contribution < 1.29 is 19.8 Å². The first-order chi connectivity index (χ1) is 21.5. The number of aliphatic carboxylic acids is 2. The zero-order chi connectivity index (χ0) is 30.7. The van der Waals surface area contributed by atoms with Gasteiger partial charge in [-0.1, -0.05) is 89.2 Å². The normalized spacial score (nSPS) is 21.7. The van der Waals surface area contributed by atoms with Crippen LogP contribution in [0, 0.1) is 0 Å². The molecule has 44 heavy (non-hydrogen) atoms. The summed E-state index contributed by atoms with van der Waals surface area (Å²) in [6.07, 6.45) is 27.1. The summed E-state index contributed by atoms with van der Waals surface area (Å²) in [7, 11) is 0. The fourth-order valence-electron chi connectivity index (χ4n) is 9.51. The Bertz CT molecular complexity index is 930. The molecule has 0 bridgehead atoms. The third-order valence-corrected chi connectivity index (χ3v) is 11.7. The topological polar surface area (TPSA) is 86.7 Å². The average molecular weight is 607 g/mol. The number of carboxylic acid groups (broad SMARTS) is 2. The number of hydrogen-bond acceptors (Lipinski definition) is 6. The molecule has 4 aliphatic carbocycles. The molecule has 0 amide bonds. The molecule has 1 aromatic carbocycles. The quantitative estimate of drug-likeness (QED) is 0.286. The maximum Gasteiger partial charge on any atom is 0.0458 e. The van der Waals surface area contributed by atoms with E-state index < -0.39 is 11.9 Å². The van der Waals surface area contributed by atoms with E-state index >= 15 is 0 Å². The highest BCUT2D eigenvalue weighted by Crippen LogP contribution is 2.33. The molecule has 246 valence electrons. The molecular formula is C38H58N2O4-2. The Labute approximate surface area is 267 Å². The van der Waals surface area contributed by atoms with Crippen LogP contribution in [0.1, 0.15) is 151 Å². The Balaban J connectivity index is 1.44. The van der Waals surface area contributed by atoms with E-state index in [1.165, 1.54) is 128 Å². The second-order valence-electron chi connectivity index (χ2n) is 14.6. The molecule has 0 radical (unpaired) electrons. The van der Waals surface area contributed by atoms with Crippen LogP contribution < -0.4 is 10.2 Å². The SMILES string of the molecule is O=C([O-])Cc1ccc(CC(=O)[O-])c(CCN(C2CCCCC2)C2CCCCC2)c1CCN(C1CCCCC1)C1CCCCC1. The second-order valence-corrected chi connectivity index (χ2v) is 14.6. The van der Waals surface area contributed by atoms with Crippen LogP contribution in [-0.4, -0.2) is 59.0 Å². The first-order valence-corrected chi connectivity index (χ1v) is 18.5. The van der Waals surface area contributed by atoms with Gasteiger partial charge in [-0.25, -0.2) is 0 Å². The van der Waals surface area contributed by atoms with Gasteiger partial charge in [-0.15, -0.1) is 0 Å². The Hall–Kier alpha value is -1.92. The van der Waals surface area contributed by atoms with Crippen LogP contribution in [0.25, 0.3) is 0 Å². The third kappa shape index (κ3) is 9.31. The van der Waals surface area contributed by atoms with Crippen molar-refractivity contribution in [2.75, 3.05) is 13.1 Å². The highest BCUT2D eigenvalue weighted by Gasteiger charge is 2.31. The molecule has 0 unspecified atom stereocenters. The first kappa shape index (κ1) is 33.4. The van der Waals surface area contributed by atoms with E-state index in [0.29, 0.717) is 24.2 Å². The summed E-state index contributed by atoms with van der Waals surface area (Å²) >= 11 is 0. The Morgan fingerprint density at radius 3 is 1.02 bits per heavy atom. The lowest BCUT2D eigenvalue weighted by Gasteiger charge is -2.42. The molecule has 0 N–H and O–H groups in total. The second kappa shape index (κ2) is 17.1. The number of hydrogen-bond donors (Lipinski definition) is 0. The van der Waals surface area contributed by atoms with E-state index in [4.69, 9.17) is 0 Å². The van der Waals surface area contributed by atoms with E-state index in [1.807, 2.05) is 12.1 Å². The minimum absolute atomic E-state index is 0.115. The van der Waals surface area contributed by atoms with Crippen LogP contribution in [0.4, 0.5) is 0 Å². The van der Waals surface area contributed by atoms with Crippen molar-refractivity contribution >= 4 is 11.9 Å². The van der Waals surface area contributed by atoms with E-state index in [-0.39, 0.29) is 12.8 Å². The van der Waals surface area contributed by atoms with E-state index in [0.717, 1.165) is 48.2 Å². The number of carbonyl (C=O) groups excluding carboxylic acids is 2. The zero-order valence-electron chi connectivity index (χ0n) is 27.4. The Kier molecular flexibility index (Phi) is 13.0. The van der Waals surface area contributed by atoms with Crippen molar-refractivity contribution in [3.05, 3.63) is 34.4 Å². The number of nitrogens with zero attached hydrogens (tertiary/aromatic N) is 2. The van der Waals surface area contributed by atoms with Crippen molar-refractivity contribution in [3.63, 3.8) is 0 Å². The van der Waals surface area contributed by atoms with Gasteiger partial charge in [0.15, 0.2) is 0 Å². The van der Waals surface area contributed by atoms with Gasteiger partial charge in [0.25, 0.3) is 0 Å². The van der Waals surface area contributed by atoms with Gasteiger partial charge >= 0.3 is 0 Å². The molecule has 0 aliphatic heterocycles. The molecule has 4 fully saturated rings. The van der Waals surface area contributed by atoms with Crippen LogP contribution in [-0.2, 0) is 35.3 Å². The van der Waals surface area contributed by atoms with Crippen LogP contribution in [0.5, 0.6) is 0 Å². The highest BCUT2D eigenvalue weighted by atomic mass is 16.4. The van der Waals surface area contributed by atoms with Gasteiger partial charge in [0, 0.05) is 62.0 Å². The van der Waals surface area contributed by atoms with Gasteiger partial charge < -0.3 is 19.8 Å². The molecular weight excluding hydrogens is 548 g/mol. The molecule has 1 aromatic rings. The minimum atomic E-state index is -1.06. The summed E-state index contributed by atoms with van der Waals surface area (Å²) in [6.45, 7) is 1.85. The fourth-order valence-corrected chi connectivity index (χ4v) is 9.51. The number of rotatable bonds is 14. The van der Waals surface area contributed by atoms with Crippen LogP contribution in [0.15, 0.2) is 12.1 Å². The van der Waals surface area contributed by atoms with Gasteiger partial charge in [-0.05, 0) is 86.5 Å². The van der Waals surface area contributed by atoms with E-state index in [2.05, 4.69) is 9.80 Å². The zero-order valence-corrected chi connectivity index (χ0v) is 27.4. The van der Waals surface area contributed by atoms with Crippen molar-refractivity contribution in [1.82, 2.24) is 9.80 Å². The van der Waals surface area contributed by atoms with E-state index in [9.17, 15) is 19.8 Å². The monoisotopic (exact) mass is 606 g/mol. The molecule has 4 saturated carbocycles. The van der Waals surface area contributed by atoms with Crippen LogP contribution in [0.3, 0.4) is 0 Å². The summed E-state index contributed by atoms with van der Waals surface area (Å²) < 4.78 is 0. The lowest BCUT2D eigenvalue weighted by molar-refractivity contribution is -0.306. The van der Waals surface area contributed by atoms with Crippen molar-refractivity contribution in [3.8, 4) is 0 Å². The number of carbonyl (C=O) groups is 2. The predicted molar refractivity (Wildman–Crippen MR) is 172 cm³/mol. The largest absolute Gasteiger partial charge is 0.550 e. The third-order valence-electron chi connectivity index (χ3n) is 11.7. The van der Waals surface area contributed by atoms with Crippen molar-refractivity contribution in [2.45, 2.75) is 178 Å². The maximum absolute atomic E-state index is 12.0. The number of carboxylic acids is 2. The summed E-state index contributed by atoms with van der Waals surface area (Å²) in [5, 5.41) is 23.9. The summed E-state index contributed by atoms with van der Waals surface area (Å²) in [6, 6.07) is 6.19. The molecule has 4 aliphatic rings. The molecule has 0 atom stereocenters. The molecule has 5 rings (SSSR count). The fraction of sp³-hybridized carbons (Fsp3) is 0.789. The minimum Gasteiger partial charge on any atom is -0.550 e. The van der Waals surface area contributed by atoms with Crippen LogP contribution >= 0.6 is 0 Å². The lowest BCUT2D eigenvalue weighted by atomic mass is 9.85. The van der Waals surface area contributed by atoms with Gasteiger partial charge in [-0.3, -0.25) is 9.80 Å². The first-order valence-electron chi connectivity index (χ1n) is 18.5. The van der Waals surface area contributed by atoms with Crippen molar-refractivity contribution in [2.24, 2.45) is 0 Å². The van der Waals surface area contributed by atoms with Crippen molar-refractivity contribution in [1.29, 1.82) is 0 Å². The Morgan fingerprint density at radius 2 is 0.773 bits per heavy atom. The van der Waals surface area contributed by atoms with Gasteiger partial charge in [0.2, 0.25) is 0 Å². The van der Waals surface area contributed by atoms with Crippen LogP contribution in [0.2, 0.25) is 0 Å². The average Bonchev–Trinajstić information content (AvgIpc) is 3.04. The summed E-state index contributed by atoms with van der Waals surface area (Å²) in [4.78, 5) is 29.5. The number of benzene rings is 1. The van der Waals surface area contributed by atoms with Gasteiger partial charge in [0.1, 0.15) is 0 Å². The molecule has 6 heteroatoms. The molecule has 0 saturated heterocycles. The Morgan fingerprint density at radius 1 is 0.500 bits per heavy atom. The predicted octanol–water partition coefficient (Wildman–Crippen LogP) is 5.29.